The van der Waals surface area contributed by atoms with Crippen LogP contribution in [-0.2, 0) is 9.59 Å². The van der Waals surface area contributed by atoms with Gasteiger partial charge in [0.1, 0.15) is 5.82 Å². The predicted molar refractivity (Wildman–Crippen MR) is 61.5 cm³/mol. The maximum absolute atomic E-state index is 13.3. The first-order valence-corrected chi connectivity index (χ1v) is 5.44. The molecule has 0 fully saturated rings. The van der Waals surface area contributed by atoms with E-state index in [4.69, 9.17) is 16.7 Å². The second-order valence-corrected chi connectivity index (χ2v) is 3.95. The summed E-state index contributed by atoms with van der Waals surface area (Å²) < 4.78 is 26.0. The second kappa shape index (κ2) is 6.30. The number of halogens is 3. The third-order valence-corrected chi connectivity index (χ3v) is 2.36. The van der Waals surface area contributed by atoms with E-state index >= 15 is 0 Å². The fraction of sp³-hybridized carbons (Fsp3) is 0.273. The molecule has 0 atom stereocenters. The van der Waals surface area contributed by atoms with E-state index in [1.807, 2.05) is 0 Å². The van der Waals surface area contributed by atoms with E-state index < -0.39 is 23.5 Å². The molecule has 0 spiro atoms. The van der Waals surface area contributed by atoms with E-state index in [0.29, 0.717) is 6.07 Å². The fourth-order valence-electron chi connectivity index (χ4n) is 1.26. The molecule has 0 heterocycles. The van der Waals surface area contributed by atoms with Crippen molar-refractivity contribution in [3.05, 3.63) is 28.8 Å². The number of rotatable bonds is 5. The molecule has 1 rings (SSSR count). The van der Waals surface area contributed by atoms with Crippen molar-refractivity contribution in [2.24, 2.45) is 0 Å². The van der Waals surface area contributed by atoms with Crippen molar-refractivity contribution < 1.29 is 23.5 Å². The average molecular weight is 278 g/mol. The van der Waals surface area contributed by atoms with Crippen molar-refractivity contribution in [3.8, 4) is 0 Å². The highest BCUT2D eigenvalue weighted by Crippen LogP contribution is 2.26. The smallest absolute Gasteiger partial charge is 0.303 e. The zero-order chi connectivity index (χ0) is 13.7. The molecule has 1 aromatic rings. The Balaban J connectivity index is 2.62. The van der Waals surface area contributed by atoms with E-state index in [0.717, 1.165) is 6.07 Å². The molecular weight excluding hydrogens is 268 g/mol. The monoisotopic (exact) mass is 277 g/mol. The summed E-state index contributed by atoms with van der Waals surface area (Å²) in [6, 6.07) is 1.47. The maximum atomic E-state index is 13.3. The van der Waals surface area contributed by atoms with Crippen molar-refractivity contribution >= 4 is 29.2 Å². The van der Waals surface area contributed by atoms with E-state index in [-0.39, 0.29) is 30.0 Å². The minimum absolute atomic E-state index is 0.0839. The molecule has 0 bridgehead atoms. The van der Waals surface area contributed by atoms with Crippen LogP contribution in [0.15, 0.2) is 12.1 Å². The minimum Gasteiger partial charge on any atom is -0.481 e. The van der Waals surface area contributed by atoms with Crippen LogP contribution >= 0.6 is 11.6 Å². The Labute approximate surface area is 107 Å². The molecule has 0 saturated carbocycles. The number of benzene rings is 1. The first kappa shape index (κ1) is 14.4. The zero-order valence-electron chi connectivity index (χ0n) is 9.17. The number of carbonyl (C=O) groups excluding carboxylic acids is 1. The summed E-state index contributed by atoms with van der Waals surface area (Å²) in [5, 5.41) is 10.3. The number of carbonyl (C=O) groups is 2. The van der Waals surface area contributed by atoms with E-state index in [2.05, 4.69) is 5.32 Å². The summed E-state index contributed by atoms with van der Waals surface area (Å²) >= 11 is 5.57. The second-order valence-electron chi connectivity index (χ2n) is 3.54. The number of aliphatic carboxylic acids is 1. The maximum Gasteiger partial charge on any atom is 0.303 e. The standard InChI is InChI=1S/C11H10ClF2NO3/c12-7-4-6(13)5-8(14)11(7)15-9(16)2-1-3-10(17)18/h4-5H,1-3H2,(H,15,16)(H,17,18). The third-order valence-electron chi connectivity index (χ3n) is 2.07. The minimum atomic E-state index is -1.02. The Bertz CT molecular complexity index is 456. The molecule has 0 aromatic heterocycles. The van der Waals surface area contributed by atoms with Gasteiger partial charge in [-0.15, -0.1) is 0 Å². The SMILES string of the molecule is O=C(O)CCCC(=O)Nc1c(F)cc(F)cc1Cl. The van der Waals surface area contributed by atoms with Crippen LogP contribution in [0, 0.1) is 11.6 Å². The Morgan fingerprint density at radius 3 is 2.50 bits per heavy atom. The van der Waals surface area contributed by atoms with E-state index in [1.54, 1.807) is 0 Å². The van der Waals surface area contributed by atoms with Crippen molar-refractivity contribution in [2.75, 3.05) is 5.32 Å². The number of carboxylic acids is 1. The van der Waals surface area contributed by atoms with Gasteiger partial charge < -0.3 is 10.4 Å². The molecule has 2 N–H and O–H groups in total. The van der Waals surface area contributed by atoms with Crippen molar-refractivity contribution in [1.82, 2.24) is 0 Å². The Hall–Kier alpha value is -1.69. The van der Waals surface area contributed by atoms with Gasteiger partial charge in [-0.2, -0.15) is 0 Å². The highest BCUT2D eigenvalue weighted by molar-refractivity contribution is 6.33. The van der Waals surface area contributed by atoms with Crippen molar-refractivity contribution in [3.63, 3.8) is 0 Å². The van der Waals surface area contributed by atoms with Crippen LogP contribution < -0.4 is 5.32 Å². The van der Waals surface area contributed by atoms with Crippen LogP contribution in [0.4, 0.5) is 14.5 Å². The number of nitrogens with one attached hydrogen (secondary N) is 1. The molecular formula is C11H10ClF2NO3. The van der Waals surface area contributed by atoms with Crippen LogP contribution in [0.2, 0.25) is 5.02 Å². The van der Waals surface area contributed by atoms with Gasteiger partial charge in [0.2, 0.25) is 5.91 Å². The topological polar surface area (TPSA) is 66.4 Å². The highest BCUT2D eigenvalue weighted by Gasteiger charge is 2.13. The van der Waals surface area contributed by atoms with Crippen LogP contribution in [0.25, 0.3) is 0 Å². The lowest BCUT2D eigenvalue weighted by Gasteiger charge is -2.08. The van der Waals surface area contributed by atoms with Crippen molar-refractivity contribution in [2.45, 2.75) is 19.3 Å². The third kappa shape index (κ3) is 4.29. The van der Waals surface area contributed by atoms with Gasteiger partial charge in [0.05, 0.1) is 10.7 Å². The lowest BCUT2D eigenvalue weighted by atomic mass is 10.2. The summed E-state index contributed by atoms with van der Waals surface area (Å²) in [7, 11) is 0. The molecule has 0 radical (unpaired) electrons. The molecule has 1 amide bonds. The van der Waals surface area contributed by atoms with Gasteiger partial charge in [0.15, 0.2) is 5.82 Å². The largest absolute Gasteiger partial charge is 0.481 e. The lowest BCUT2D eigenvalue weighted by Crippen LogP contribution is -2.13. The summed E-state index contributed by atoms with van der Waals surface area (Å²) in [6.45, 7) is 0. The summed E-state index contributed by atoms with van der Waals surface area (Å²) in [4.78, 5) is 21.6. The quantitative estimate of drug-likeness (QED) is 0.870. The van der Waals surface area contributed by atoms with Gasteiger partial charge in [0.25, 0.3) is 0 Å². The van der Waals surface area contributed by atoms with Gasteiger partial charge in [-0.25, -0.2) is 8.78 Å². The van der Waals surface area contributed by atoms with Gasteiger partial charge in [-0.05, 0) is 12.5 Å². The molecule has 98 valence electrons. The molecule has 7 heteroatoms. The fourth-order valence-corrected chi connectivity index (χ4v) is 1.51. The van der Waals surface area contributed by atoms with Crippen molar-refractivity contribution in [1.29, 1.82) is 0 Å². The molecule has 0 aliphatic heterocycles. The van der Waals surface area contributed by atoms with Gasteiger partial charge >= 0.3 is 5.97 Å². The Morgan fingerprint density at radius 1 is 1.28 bits per heavy atom. The Morgan fingerprint density at radius 2 is 1.94 bits per heavy atom. The highest BCUT2D eigenvalue weighted by atomic mass is 35.5. The molecule has 1 aromatic carbocycles. The molecule has 0 saturated heterocycles. The molecule has 0 unspecified atom stereocenters. The number of hydrogen-bond acceptors (Lipinski definition) is 2. The van der Waals surface area contributed by atoms with Crippen LogP contribution in [0.3, 0.4) is 0 Å². The zero-order valence-corrected chi connectivity index (χ0v) is 9.93. The molecule has 4 nitrogen and oxygen atoms in total. The number of hydrogen-bond donors (Lipinski definition) is 2. The Kier molecular flexibility index (Phi) is 5.03. The average Bonchev–Trinajstić information content (AvgIpc) is 2.22. The number of anilines is 1. The van der Waals surface area contributed by atoms with Crippen LogP contribution in [-0.4, -0.2) is 17.0 Å². The summed E-state index contributed by atoms with van der Waals surface area (Å²) in [6.07, 6.45) is -0.117. The summed E-state index contributed by atoms with van der Waals surface area (Å²) in [5.74, 6) is -3.43. The normalized spacial score (nSPS) is 10.2. The predicted octanol–water partition coefficient (Wildman–Crippen LogP) is 2.81. The van der Waals surface area contributed by atoms with E-state index in [9.17, 15) is 18.4 Å². The molecule has 0 aliphatic carbocycles. The molecule has 18 heavy (non-hydrogen) atoms. The lowest BCUT2D eigenvalue weighted by molar-refractivity contribution is -0.137. The first-order valence-electron chi connectivity index (χ1n) is 5.06. The summed E-state index contributed by atoms with van der Waals surface area (Å²) in [5.41, 5.74) is -0.307. The van der Waals surface area contributed by atoms with Gasteiger partial charge in [-0.3, -0.25) is 9.59 Å². The van der Waals surface area contributed by atoms with E-state index in [1.165, 1.54) is 0 Å². The molecule has 0 aliphatic rings. The first-order chi connectivity index (χ1) is 8.40. The number of carboxylic acid groups (broad SMARTS) is 1. The van der Waals surface area contributed by atoms with Gasteiger partial charge in [-0.1, -0.05) is 11.6 Å². The van der Waals surface area contributed by atoms with Crippen LogP contribution in [0.1, 0.15) is 19.3 Å². The number of amides is 1. The van der Waals surface area contributed by atoms with Gasteiger partial charge in [0, 0.05) is 18.9 Å². The van der Waals surface area contributed by atoms with Crippen LogP contribution in [0.5, 0.6) is 0 Å².